The highest BCUT2D eigenvalue weighted by molar-refractivity contribution is 6.06. The smallest absolute Gasteiger partial charge is 0.416 e. The number of allylic oxidation sites excluding steroid dienone is 2. The second-order valence-corrected chi connectivity index (χ2v) is 7.38. The summed E-state index contributed by atoms with van der Waals surface area (Å²) in [6.45, 7) is 4.71. The number of likely N-dealkylation sites (N-methyl/N-ethyl adjacent to an activating group) is 1. The van der Waals surface area contributed by atoms with Gasteiger partial charge in [0, 0.05) is 12.7 Å². The van der Waals surface area contributed by atoms with E-state index in [1.165, 1.54) is 31.0 Å². The lowest BCUT2D eigenvalue weighted by Gasteiger charge is -2.28. The summed E-state index contributed by atoms with van der Waals surface area (Å²) >= 11 is 0. The standard InChI is InChI=1S/C23H22F4N2O2/c1-13-6-5-7-16(10-13)28-22(30)17-11-14(2)18(23(25,26)27)12-20(17)31-19-8-9-21(24)29(4)15(19)3/h5-12,21H,1-4H3,(H,28,30). The number of nitrogens with one attached hydrogen (secondary N) is 1. The number of amides is 1. The van der Waals surface area contributed by atoms with E-state index < -0.39 is 23.9 Å². The van der Waals surface area contributed by atoms with E-state index in [0.717, 1.165) is 17.7 Å². The summed E-state index contributed by atoms with van der Waals surface area (Å²) in [4.78, 5) is 14.2. The summed E-state index contributed by atoms with van der Waals surface area (Å²) in [6.07, 6.45) is -3.44. The second kappa shape index (κ2) is 8.45. The summed E-state index contributed by atoms with van der Waals surface area (Å²) in [5.74, 6) is -0.738. The zero-order valence-corrected chi connectivity index (χ0v) is 17.5. The Morgan fingerprint density at radius 2 is 1.84 bits per heavy atom. The Hall–Kier alpha value is -3.29. The molecule has 1 N–H and O–H groups in total. The van der Waals surface area contributed by atoms with E-state index in [-0.39, 0.29) is 22.6 Å². The molecule has 2 aromatic rings. The van der Waals surface area contributed by atoms with Gasteiger partial charge in [0.2, 0.25) is 0 Å². The molecule has 3 rings (SSSR count). The fraction of sp³-hybridized carbons (Fsp3) is 0.261. The van der Waals surface area contributed by atoms with Crippen LogP contribution in [0.2, 0.25) is 0 Å². The molecular weight excluding hydrogens is 412 g/mol. The molecule has 0 saturated heterocycles. The number of anilines is 1. The van der Waals surface area contributed by atoms with Gasteiger partial charge in [0.15, 0.2) is 6.30 Å². The molecule has 1 unspecified atom stereocenters. The first-order valence-electron chi connectivity index (χ1n) is 9.51. The van der Waals surface area contributed by atoms with Gasteiger partial charge in [0.25, 0.3) is 5.91 Å². The van der Waals surface area contributed by atoms with Crippen LogP contribution in [0.3, 0.4) is 0 Å². The lowest BCUT2D eigenvalue weighted by atomic mass is 10.0. The molecule has 1 amide bonds. The van der Waals surface area contributed by atoms with Crippen molar-refractivity contribution in [3.63, 3.8) is 0 Å². The zero-order valence-electron chi connectivity index (χ0n) is 17.5. The fourth-order valence-electron chi connectivity index (χ4n) is 3.18. The minimum Gasteiger partial charge on any atom is -0.455 e. The SMILES string of the molecule is CC1=C(Oc2cc(C(F)(F)F)c(C)cc2C(=O)Nc2cccc(C)c2)C=CC(F)N1C. The Balaban J connectivity index is 2.05. The molecule has 31 heavy (non-hydrogen) atoms. The highest BCUT2D eigenvalue weighted by Gasteiger charge is 2.34. The first-order valence-corrected chi connectivity index (χ1v) is 9.51. The van der Waals surface area contributed by atoms with Crippen LogP contribution in [0.1, 0.15) is 34.0 Å². The van der Waals surface area contributed by atoms with Crippen molar-refractivity contribution in [2.45, 2.75) is 33.2 Å². The molecule has 164 valence electrons. The van der Waals surface area contributed by atoms with Crippen LogP contribution in [0.15, 0.2) is 60.0 Å². The topological polar surface area (TPSA) is 41.6 Å². The van der Waals surface area contributed by atoms with Gasteiger partial charge in [-0.15, -0.1) is 0 Å². The Morgan fingerprint density at radius 1 is 1.13 bits per heavy atom. The van der Waals surface area contributed by atoms with Crippen molar-refractivity contribution in [1.29, 1.82) is 0 Å². The number of aryl methyl sites for hydroxylation is 2. The van der Waals surface area contributed by atoms with Crippen LogP contribution in [-0.2, 0) is 6.18 Å². The maximum Gasteiger partial charge on any atom is 0.416 e. The number of hydrogen-bond donors (Lipinski definition) is 1. The van der Waals surface area contributed by atoms with Crippen LogP contribution in [-0.4, -0.2) is 24.2 Å². The third-order valence-electron chi connectivity index (χ3n) is 5.03. The third-order valence-corrected chi connectivity index (χ3v) is 5.03. The average molecular weight is 434 g/mol. The molecule has 8 heteroatoms. The van der Waals surface area contributed by atoms with Crippen molar-refractivity contribution in [2.75, 3.05) is 12.4 Å². The van der Waals surface area contributed by atoms with Crippen molar-refractivity contribution in [1.82, 2.24) is 4.90 Å². The molecule has 0 saturated carbocycles. The predicted molar refractivity (Wildman–Crippen MR) is 110 cm³/mol. The molecule has 0 aliphatic carbocycles. The minimum atomic E-state index is -4.62. The molecular formula is C23H22F4N2O2. The van der Waals surface area contributed by atoms with Gasteiger partial charge in [-0.3, -0.25) is 4.79 Å². The summed E-state index contributed by atoms with van der Waals surface area (Å²) < 4.78 is 60.0. The molecule has 1 atom stereocenters. The summed E-state index contributed by atoms with van der Waals surface area (Å²) in [5, 5.41) is 2.68. The first-order chi connectivity index (χ1) is 14.5. The molecule has 0 spiro atoms. The second-order valence-electron chi connectivity index (χ2n) is 7.38. The zero-order chi connectivity index (χ0) is 22.9. The lowest BCUT2D eigenvalue weighted by Crippen LogP contribution is -2.29. The molecule has 0 bridgehead atoms. The molecule has 0 radical (unpaired) electrons. The molecule has 1 heterocycles. The van der Waals surface area contributed by atoms with Gasteiger partial charge in [0.1, 0.15) is 11.5 Å². The number of halogens is 4. The Morgan fingerprint density at radius 3 is 2.48 bits per heavy atom. The lowest BCUT2D eigenvalue weighted by molar-refractivity contribution is -0.138. The highest BCUT2D eigenvalue weighted by Crippen LogP contribution is 2.37. The Labute approximate surface area is 177 Å². The largest absolute Gasteiger partial charge is 0.455 e. The van der Waals surface area contributed by atoms with Crippen molar-refractivity contribution in [3.05, 3.63) is 82.3 Å². The van der Waals surface area contributed by atoms with Gasteiger partial charge < -0.3 is 15.0 Å². The van der Waals surface area contributed by atoms with Crippen molar-refractivity contribution < 1.29 is 27.1 Å². The number of benzene rings is 2. The average Bonchev–Trinajstić information content (AvgIpc) is 2.68. The molecule has 4 nitrogen and oxygen atoms in total. The van der Waals surface area contributed by atoms with E-state index in [1.807, 2.05) is 13.0 Å². The molecule has 2 aromatic carbocycles. The van der Waals surface area contributed by atoms with E-state index in [1.54, 1.807) is 25.1 Å². The van der Waals surface area contributed by atoms with Gasteiger partial charge in [0.05, 0.1) is 16.8 Å². The van der Waals surface area contributed by atoms with Crippen LogP contribution in [0.4, 0.5) is 23.2 Å². The number of carbonyl (C=O) groups excluding carboxylic acids is 1. The van der Waals surface area contributed by atoms with Crippen LogP contribution < -0.4 is 10.1 Å². The van der Waals surface area contributed by atoms with E-state index in [0.29, 0.717) is 11.4 Å². The number of nitrogens with zero attached hydrogens (tertiary/aromatic N) is 1. The summed E-state index contributed by atoms with van der Waals surface area (Å²) in [5.41, 5.74) is 0.709. The van der Waals surface area contributed by atoms with Crippen LogP contribution in [0.5, 0.6) is 5.75 Å². The normalized spacial score (nSPS) is 16.5. The van der Waals surface area contributed by atoms with Crippen molar-refractivity contribution in [2.24, 2.45) is 0 Å². The number of rotatable bonds is 4. The quantitative estimate of drug-likeness (QED) is 0.475. The summed E-state index contributed by atoms with van der Waals surface area (Å²) in [7, 11) is 1.49. The van der Waals surface area contributed by atoms with Gasteiger partial charge >= 0.3 is 6.18 Å². The van der Waals surface area contributed by atoms with E-state index in [4.69, 9.17) is 4.74 Å². The highest BCUT2D eigenvalue weighted by atomic mass is 19.4. The number of hydrogen-bond acceptors (Lipinski definition) is 3. The van der Waals surface area contributed by atoms with Crippen LogP contribution in [0, 0.1) is 13.8 Å². The van der Waals surface area contributed by atoms with Gasteiger partial charge in [-0.05, 0) is 68.3 Å². The fourth-order valence-corrected chi connectivity index (χ4v) is 3.18. The van der Waals surface area contributed by atoms with E-state index >= 15 is 0 Å². The van der Waals surface area contributed by atoms with E-state index in [9.17, 15) is 22.4 Å². The maximum absolute atomic E-state index is 13.8. The summed E-state index contributed by atoms with van der Waals surface area (Å²) in [6, 6.07) is 8.97. The Kier molecular flexibility index (Phi) is 6.10. The molecule has 0 aromatic heterocycles. The number of carbonyl (C=O) groups is 1. The van der Waals surface area contributed by atoms with Crippen LogP contribution in [0.25, 0.3) is 0 Å². The van der Waals surface area contributed by atoms with Gasteiger partial charge in [-0.25, -0.2) is 4.39 Å². The molecule has 0 fully saturated rings. The van der Waals surface area contributed by atoms with Crippen molar-refractivity contribution >= 4 is 11.6 Å². The van der Waals surface area contributed by atoms with Gasteiger partial charge in [-0.1, -0.05) is 12.1 Å². The minimum absolute atomic E-state index is 0.0641. The van der Waals surface area contributed by atoms with Crippen LogP contribution >= 0.6 is 0 Å². The molecule has 1 aliphatic rings. The molecule has 1 aliphatic heterocycles. The maximum atomic E-state index is 13.8. The Bertz CT molecular complexity index is 1070. The van der Waals surface area contributed by atoms with Gasteiger partial charge in [-0.2, -0.15) is 13.2 Å². The number of ether oxygens (including phenoxy) is 1. The van der Waals surface area contributed by atoms with E-state index in [2.05, 4.69) is 5.32 Å². The number of alkyl halides is 4. The third kappa shape index (κ3) is 4.90. The first kappa shape index (κ1) is 22.4. The van der Waals surface area contributed by atoms with Crippen molar-refractivity contribution in [3.8, 4) is 5.75 Å². The monoisotopic (exact) mass is 434 g/mol. The predicted octanol–water partition coefficient (Wildman–Crippen LogP) is 5.98.